The summed E-state index contributed by atoms with van der Waals surface area (Å²) in [6.07, 6.45) is 3.58. The summed E-state index contributed by atoms with van der Waals surface area (Å²) in [4.78, 5) is 14.7. The number of allylic oxidation sites excluding steroid dienone is 2. The number of hydrazone groups is 1. The van der Waals surface area contributed by atoms with Gasteiger partial charge in [0.15, 0.2) is 0 Å². The molecule has 1 heterocycles. The van der Waals surface area contributed by atoms with Gasteiger partial charge in [0.05, 0.1) is 6.61 Å². The summed E-state index contributed by atoms with van der Waals surface area (Å²) >= 11 is 0. The molecule has 1 aliphatic rings. The minimum absolute atomic E-state index is 0.134. The molecule has 0 saturated heterocycles. The van der Waals surface area contributed by atoms with Crippen LogP contribution in [-0.2, 0) is 12.0 Å². The van der Waals surface area contributed by atoms with E-state index < -0.39 is 0 Å². The van der Waals surface area contributed by atoms with Crippen LogP contribution in [0.4, 0.5) is 5.69 Å². The second-order valence-corrected chi connectivity index (χ2v) is 8.86. The summed E-state index contributed by atoms with van der Waals surface area (Å²) in [7, 11) is 2.05. The number of para-hydroxylation sites is 1. The van der Waals surface area contributed by atoms with Gasteiger partial charge < -0.3 is 14.4 Å². The minimum atomic E-state index is -0.263. The number of nitrogens with one attached hydrogen (secondary N) is 1. The van der Waals surface area contributed by atoms with E-state index in [-0.39, 0.29) is 11.3 Å². The van der Waals surface area contributed by atoms with Crippen molar-refractivity contribution in [2.75, 3.05) is 18.6 Å². The molecule has 35 heavy (non-hydrogen) atoms. The third-order valence-electron chi connectivity index (χ3n) is 6.17. The van der Waals surface area contributed by atoms with E-state index in [4.69, 9.17) is 9.47 Å². The van der Waals surface area contributed by atoms with Crippen LogP contribution in [0.2, 0.25) is 0 Å². The fourth-order valence-electron chi connectivity index (χ4n) is 4.29. The lowest BCUT2D eigenvalue weighted by Gasteiger charge is -2.23. The number of amides is 1. The van der Waals surface area contributed by atoms with Gasteiger partial charge in [-0.1, -0.05) is 44.2 Å². The van der Waals surface area contributed by atoms with Crippen LogP contribution in [0.25, 0.3) is 0 Å². The molecule has 180 valence electrons. The van der Waals surface area contributed by atoms with Gasteiger partial charge in [-0.2, -0.15) is 5.10 Å². The minimum Gasteiger partial charge on any atom is -0.494 e. The first kappa shape index (κ1) is 24.1. The summed E-state index contributed by atoms with van der Waals surface area (Å²) in [6, 6.07) is 23.2. The summed E-state index contributed by atoms with van der Waals surface area (Å²) in [5, 5.41) is 4.13. The van der Waals surface area contributed by atoms with E-state index in [1.165, 1.54) is 11.3 Å². The lowest BCUT2D eigenvalue weighted by atomic mass is 9.84. The first-order chi connectivity index (χ1) is 16.9. The number of carbonyl (C=O) groups is 1. The Morgan fingerprint density at radius 2 is 1.63 bits per heavy atom. The third-order valence-corrected chi connectivity index (χ3v) is 6.17. The third kappa shape index (κ3) is 5.38. The van der Waals surface area contributed by atoms with Crippen LogP contribution in [0.1, 0.15) is 42.3 Å². The van der Waals surface area contributed by atoms with Crippen molar-refractivity contribution >= 4 is 17.8 Å². The second kappa shape index (κ2) is 10.5. The molecule has 0 saturated carbocycles. The predicted octanol–water partition coefficient (Wildman–Crippen LogP) is 5.69. The number of benzene rings is 3. The normalized spacial score (nSPS) is 15.3. The number of fused-ring (bicyclic) bond motifs is 1. The Bertz CT molecular complexity index is 1230. The Labute approximate surface area is 206 Å². The van der Waals surface area contributed by atoms with Gasteiger partial charge in [-0.15, -0.1) is 0 Å². The van der Waals surface area contributed by atoms with E-state index >= 15 is 0 Å². The molecule has 0 bridgehead atoms. The van der Waals surface area contributed by atoms with Crippen LogP contribution in [0.15, 0.2) is 89.7 Å². The molecule has 4 rings (SSSR count). The maximum atomic E-state index is 12.5. The quantitative estimate of drug-likeness (QED) is 0.340. The van der Waals surface area contributed by atoms with Crippen LogP contribution >= 0.6 is 0 Å². The van der Waals surface area contributed by atoms with Crippen LogP contribution in [0.5, 0.6) is 11.5 Å². The van der Waals surface area contributed by atoms with Crippen molar-refractivity contribution in [3.8, 4) is 11.5 Å². The second-order valence-electron chi connectivity index (χ2n) is 8.86. The SMILES string of the molecule is CCOc1ccc(OCc2ccc(C(=O)NN=CC=C3N(C)c4ccccc4C3(C)C)cc2)cc1. The van der Waals surface area contributed by atoms with E-state index in [9.17, 15) is 4.79 Å². The molecule has 0 spiro atoms. The van der Waals surface area contributed by atoms with E-state index in [2.05, 4.69) is 47.5 Å². The van der Waals surface area contributed by atoms with Crippen molar-refractivity contribution in [1.82, 2.24) is 5.43 Å². The average molecular weight is 470 g/mol. The highest BCUT2D eigenvalue weighted by atomic mass is 16.5. The molecule has 1 amide bonds. The number of rotatable bonds is 8. The summed E-state index contributed by atoms with van der Waals surface area (Å²) in [6.45, 7) is 7.37. The molecule has 1 N–H and O–H groups in total. The van der Waals surface area contributed by atoms with E-state index in [1.54, 1.807) is 18.3 Å². The molecular formula is C29H31N3O3. The zero-order valence-electron chi connectivity index (χ0n) is 20.6. The summed E-state index contributed by atoms with van der Waals surface area (Å²) < 4.78 is 11.3. The number of anilines is 1. The van der Waals surface area contributed by atoms with Crippen molar-refractivity contribution in [3.63, 3.8) is 0 Å². The zero-order chi connectivity index (χ0) is 24.8. The lowest BCUT2D eigenvalue weighted by Crippen LogP contribution is -2.23. The topological polar surface area (TPSA) is 63.2 Å². The Hall–Kier alpha value is -4.06. The Balaban J connectivity index is 1.31. The number of ether oxygens (including phenoxy) is 2. The maximum Gasteiger partial charge on any atom is 0.271 e. The first-order valence-corrected chi connectivity index (χ1v) is 11.7. The standard InChI is InChI=1S/C29H31N3O3/c1-5-34-23-14-16-24(17-15-23)35-20-21-10-12-22(13-11-21)28(33)31-30-19-18-27-29(2,3)25-8-6-7-9-26(25)32(27)4/h6-19H,5,20H2,1-4H3,(H,31,33). The van der Waals surface area contributed by atoms with Gasteiger partial charge in [-0.3, -0.25) is 4.79 Å². The van der Waals surface area contributed by atoms with Gasteiger partial charge in [0, 0.05) is 35.6 Å². The van der Waals surface area contributed by atoms with Gasteiger partial charge >= 0.3 is 0 Å². The van der Waals surface area contributed by atoms with Gasteiger partial charge in [0.1, 0.15) is 18.1 Å². The molecule has 6 heteroatoms. The van der Waals surface area contributed by atoms with E-state index in [1.807, 2.05) is 62.5 Å². The molecule has 0 fully saturated rings. The number of carbonyl (C=O) groups excluding carboxylic acids is 1. The predicted molar refractivity (Wildman–Crippen MR) is 140 cm³/mol. The van der Waals surface area contributed by atoms with Crippen LogP contribution in [0, 0.1) is 0 Å². The van der Waals surface area contributed by atoms with Crippen molar-refractivity contribution in [1.29, 1.82) is 0 Å². The average Bonchev–Trinajstić information content (AvgIpc) is 3.07. The van der Waals surface area contributed by atoms with Crippen molar-refractivity contribution in [2.24, 2.45) is 5.10 Å². The molecule has 3 aromatic carbocycles. The number of hydrogen-bond donors (Lipinski definition) is 1. The molecule has 6 nitrogen and oxygen atoms in total. The van der Waals surface area contributed by atoms with Gasteiger partial charge in [-0.05, 0) is 66.6 Å². The number of hydrogen-bond acceptors (Lipinski definition) is 5. The number of nitrogens with zero attached hydrogens (tertiary/aromatic N) is 2. The van der Waals surface area contributed by atoms with Crippen LogP contribution in [0.3, 0.4) is 0 Å². The van der Waals surface area contributed by atoms with Gasteiger partial charge in [-0.25, -0.2) is 5.43 Å². The van der Waals surface area contributed by atoms with E-state index in [0.717, 1.165) is 22.8 Å². The van der Waals surface area contributed by atoms with Crippen molar-refractivity contribution < 1.29 is 14.3 Å². The molecule has 0 unspecified atom stereocenters. The highest BCUT2D eigenvalue weighted by Gasteiger charge is 2.37. The molecule has 1 aliphatic heterocycles. The van der Waals surface area contributed by atoms with Gasteiger partial charge in [0.25, 0.3) is 5.91 Å². The van der Waals surface area contributed by atoms with Crippen LogP contribution in [-0.4, -0.2) is 25.8 Å². The van der Waals surface area contributed by atoms with Crippen molar-refractivity contribution in [3.05, 3.63) is 101 Å². The summed E-state index contributed by atoms with van der Waals surface area (Å²) in [5.74, 6) is 1.32. The fraction of sp³-hybridized carbons (Fsp3) is 0.241. The fourth-order valence-corrected chi connectivity index (χ4v) is 4.29. The lowest BCUT2D eigenvalue weighted by molar-refractivity contribution is 0.0955. The molecule has 3 aromatic rings. The van der Waals surface area contributed by atoms with Gasteiger partial charge in [0.2, 0.25) is 0 Å². The number of likely N-dealkylation sites (N-methyl/N-ethyl adjacent to an activating group) is 1. The van der Waals surface area contributed by atoms with E-state index in [0.29, 0.717) is 18.8 Å². The Kier molecular flexibility index (Phi) is 7.20. The molecular weight excluding hydrogens is 438 g/mol. The van der Waals surface area contributed by atoms with Crippen molar-refractivity contribution in [2.45, 2.75) is 32.8 Å². The largest absolute Gasteiger partial charge is 0.494 e. The molecule has 0 radical (unpaired) electrons. The highest BCUT2D eigenvalue weighted by molar-refractivity contribution is 5.94. The molecule has 0 aromatic heterocycles. The van der Waals surface area contributed by atoms with Crippen LogP contribution < -0.4 is 19.8 Å². The highest BCUT2D eigenvalue weighted by Crippen LogP contribution is 2.46. The molecule has 0 aliphatic carbocycles. The summed E-state index contributed by atoms with van der Waals surface area (Å²) in [5.41, 5.74) is 7.55. The zero-order valence-corrected chi connectivity index (χ0v) is 20.6. The Morgan fingerprint density at radius 1 is 0.971 bits per heavy atom. The monoisotopic (exact) mass is 469 g/mol. The first-order valence-electron chi connectivity index (χ1n) is 11.7. The Morgan fingerprint density at radius 3 is 2.29 bits per heavy atom. The maximum absolute atomic E-state index is 12.5. The smallest absolute Gasteiger partial charge is 0.271 e. The molecule has 0 atom stereocenters.